The van der Waals surface area contributed by atoms with Gasteiger partial charge in [-0.1, -0.05) is 48.5 Å². The number of carbonyl (C=O) groups excluding carboxylic acids is 2. The van der Waals surface area contributed by atoms with Crippen LogP contribution in [-0.2, 0) is 9.53 Å². The Bertz CT molecular complexity index is 864. The predicted octanol–water partition coefficient (Wildman–Crippen LogP) is 3.50. The Kier molecular flexibility index (Phi) is 5.02. The molecule has 2 aromatic carbocycles. The topological polar surface area (TPSA) is 58.6 Å². The molecule has 0 saturated heterocycles. The number of hydrogen-bond acceptors (Lipinski definition) is 3. The highest BCUT2D eigenvalue weighted by molar-refractivity contribution is 6.04. The molecule has 0 unspecified atom stereocenters. The smallest absolute Gasteiger partial charge is 0.338 e. The molecule has 0 bridgehead atoms. The van der Waals surface area contributed by atoms with Crippen LogP contribution in [0.2, 0.25) is 0 Å². The second-order valence-corrected chi connectivity index (χ2v) is 5.81. The van der Waals surface area contributed by atoms with Gasteiger partial charge >= 0.3 is 12.0 Å². The van der Waals surface area contributed by atoms with E-state index in [1.54, 1.807) is 44.3 Å². The number of nitrogens with one attached hydrogen (secondary N) is 1. The van der Waals surface area contributed by atoms with Crippen LogP contribution >= 0.6 is 0 Å². The Balaban J connectivity index is 2.26. The molecule has 1 aliphatic rings. The van der Waals surface area contributed by atoms with Crippen molar-refractivity contribution in [2.24, 2.45) is 0 Å². The molecular formula is C20H19FN2O3. The van der Waals surface area contributed by atoms with Crippen molar-refractivity contribution in [1.82, 2.24) is 10.2 Å². The lowest BCUT2D eigenvalue weighted by molar-refractivity contribution is -0.138. The Morgan fingerprint density at radius 3 is 2.46 bits per heavy atom. The number of ether oxygens (including phenoxy) is 1. The van der Waals surface area contributed by atoms with E-state index in [1.807, 2.05) is 18.2 Å². The fraction of sp³-hybridized carbons (Fsp3) is 0.200. The van der Waals surface area contributed by atoms with E-state index in [1.165, 1.54) is 11.0 Å². The van der Waals surface area contributed by atoms with Gasteiger partial charge in [-0.2, -0.15) is 0 Å². The second kappa shape index (κ2) is 7.39. The van der Waals surface area contributed by atoms with Gasteiger partial charge in [-0.05, 0) is 18.6 Å². The van der Waals surface area contributed by atoms with Crippen LogP contribution < -0.4 is 5.32 Å². The number of carbonyl (C=O) groups is 2. The Morgan fingerprint density at radius 2 is 1.81 bits per heavy atom. The zero-order chi connectivity index (χ0) is 18.7. The van der Waals surface area contributed by atoms with Crippen LogP contribution in [0.1, 0.15) is 24.1 Å². The summed E-state index contributed by atoms with van der Waals surface area (Å²) in [5, 5.41) is 2.70. The molecule has 0 aromatic heterocycles. The van der Waals surface area contributed by atoms with Crippen LogP contribution in [0.4, 0.5) is 9.18 Å². The van der Waals surface area contributed by atoms with Crippen LogP contribution in [0.25, 0.3) is 5.70 Å². The summed E-state index contributed by atoms with van der Waals surface area (Å²) in [4.78, 5) is 26.6. The third-order valence-corrected chi connectivity index (χ3v) is 4.21. The van der Waals surface area contributed by atoms with Crippen LogP contribution in [0.3, 0.4) is 0 Å². The number of esters is 1. The fourth-order valence-corrected chi connectivity index (χ4v) is 3.02. The quantitative estimate of drug-likeness (QED) is 0.855. The molecule has 6 heteroatoms. The fourth-order valence-electron chi connectivity index (χ4n) is 3.02. The highest BCUT2D eigenvalue weighted by Gasteiger charge is 2.38. The van der Waals surface area contributed by atoms with Gasteiger partial charge in [0, 0.05) is 12.6 Å². The first kappa shape index (κ1) is 17.7. The van der Waals surface area contributed by atoms with E-state index in [2.05, 4.69) is 5.32 Å². The first-order valence-corrected chi connectivity index (χ1v) is 8.30. The first-order valence-electron chi connectivity index (χ1n) is 8.30. The lowest BCUT2D eigenvalue weighted by Gasteiger charge is -2.34. The summed E-state index contributed by atoms with van der Waals surface area (Å²) in [5.41, 5.74) is 1.49. The zero-order valence-electron chi connectivity index (χ0n) is 14.5. The summed E-state index contributed by atoms with van der Waals surface area (Å²) in [6.07, 6.45) is 0. The highest BCUT2D eigenvalue weighted by Crippen LogP contribution is 2.36. The normalized spacial score (nSPS) is 17.1. The minimum atomic E-state index is -0.936. The van der Waals surface area contributed by atoms with Gasteiger partial charge in [0.05, 0.1) is 23.9 Å². The number of rotatable bonds is 4. The molecule has 0 aliphatic carbocycles. The molecule has 0 saturated carbocycles. The van der Waals surface area contributed by atoms with Gasteiger partial charge in [0.15, 0.2) is 0 Å². The molecule has 1 N–H and O–H groups in total. The summed E-state index contributed by atoms with van der Waals surface area (Å²) < 4.78 is 19.6. The van der Waals surface area contributed by atoms with Crippen LogP contribution in [0.15, 0.2) is 60.2 Å². The maximum absolute atomic E-state index is 14.4. The molecule has 0 fully saturated rings. The van der Waals surface area contributed by atoms with E-state index in [-0.39, 0.29) is 17.7 Å². The molecule has 1 heterocycles. The van der Waals surface area contributed by atoms with Crippen molar-refractivity contribution >= 4 is 17.7 Å². The van der Waals surface area contributed by atoms with Crippen molar-refractivity contribution in [2.45, 2.75) is 13.0 Å². The third kappa shape index (κ3) is 3.18. The molecule has 2 amide bonds. The summed E-state index contributed by atoms with van der Waals surface area (Å²) in [6.45, 7) is 1.87. The molecule has 134 valence electrons. The van der Waals surface area contributed by atoms with E-state index in [0.717, 1.165) is 0 Å². The average Bonchev–Trinajstić information content (AvgIpc) is 2.65. The monoisotopic (exact) mass is 354 g/mol. The third-order valence-electron chi connectivity index (χ3n) is 4.21. The minimum absolute atomic E-state index is 0.173. The molecule has 1 atom stereocenters. The SMILES string of the molecule is CCOC(=O)C1=C(c2ccccc2)N(C)C(=O)N[C@H]1c1ccccc1F. The summed E-state index contributed by atoms with van der Waals surface area (Å²) in [5.74, 6) is -1.09. The van der Waals surface area contributed by atoms with Crippen molar-refractivity contribution in [2.75, 3.05) is 13.7 Å². The molecule has 2 aromatic rings. The maximum Gasteiger partial charge on any atom is 0.338 e. The maximum atomic E-state index is 14.4. The highest BCUT2D eigenvalue weighted by atomic mass is 19.1. The van der Waals surface area contributed by atoms with E-state index in [0.29, 0.717) is 11.3 Å². The summed E-state index contributed by atoms with van der Waals surface area (Å²) >= 11 is 0. The minimum Gasteiger partial charge on any atom is -0.463 e. The molecule has 5 nitrogen and oxygen atoms in total. The molecule has 26 heavy (non-hydrogen) atoms. The van der Waals surface area contributed by atoms with Crippen molar-refractivity contribution < 1.29 is 18.7 Å². The van der Waals surface area contributed by atoms with Gasteiger partial charge in [-0.15, -0.1) is 0 Å². The zero-order valence-corrected chi connectivity index (χ0v) is 14.5. The molecule has 3 rings (SSSR count). The standard InChI is InChI=1S/C20H19FN2O3/c1-3-26-19(24)16-17(14-11-7-8-12-15(14)21)22-20(25)23(2)18(16)13-9-5-4-6-10-13/h4-12,17H,3H2,1-2H3,(H,22,25)/t17-/m0/s1. The van der Waals surface area contributed by atoms with Crippen molar-refractivity contribution in [3.05, 3.63) is 77.1 Å². The Labute approximate surface area is 151 Å². The van der Waals surface area contributed by atoms with Gasteiger partial charge < -0.3 is 10.1 Å². The second-order valence-electron chi connectivity index (χ2n) is 5.81. The lowest BCUT2D eigenvalue weighted by atomic mass is 9.91. The van der Waals surface area contributed by atoms with Gasteiger partial charge in [-0.3, -0.25) is 4.90 Å². The Morgan fingerprint density at radius 1 is 1.15 bits per heavy atom. The van der Waals surface area contributed by atoms with Crippen molar-refractivity contribution in [1.29, 1.82) is 0 Å². The largest absolute Gasteiger partial charge is 0.463 e. The molecule has 0 spiro atoms. The number of urea groups is 1. The van der Waals surface area contributed by atoms with Crippen molar-refractivity contribution in [3.8, 4) is 0 Å². The number of hydrogen-bond donors (Lipinski definition) is 1. The molecule has 1 aliphatic heterocycles. The lowest BCUT2D eigenvalue weighted by Crippen LogP contribution is -2.46. The number of nitrogens with zero attached hydrogens (tertiary/aromatic N) is 1. The predicted molar refractivity (Wildman–Crippen MR) is 95.4 cm³/mol. The van der Waals surface area contributed by atoms with Crippen molar-refractivity contribution in [3.63, 3.8) is 0 Å². The van der Waals surface area contributed by atoms with E-state index < -0.39 is 23.9 Å². The van der Waals surface area contributed by atoms with Gasteiger partial charge in [0.25, 0.3) is 0 Å². The van der Waals surface area contributed by atoms with Crippen LogP contribution in [0, 0.1) is 5.82 Å². The van der Waals surface area contributed by atoms with E-state index in [9.17, 15) is 14.0 Å². The van der Waals surface area contributed by atoms with Crippen LogP contribution in [-0.4, -0.2) is 30.6 Å². The summed E-state index contributed by atoms with van der Waals surface area (Å²) in [7, 11) is 1.56. The number of benzene rings is 2. The van der Waals surface area contributed by atoms with E-state index >= 15 is 0 Å². The van der Waals surface area contributed by atoms with Crippen LogP contribution in [0.5, 0.6) is 0 Å². The first-order chi connectivity index (χ1) is 12.5. The Hall–Kier alpha value is -3.15. The van der Waals surface area contributed by atoms with Gasteiger partial charge in [0.1, 0.15) is 5.82 Å². The van der Waals surface area contributed by atoms with Gasteiger partial charge in [-0.25, -0.2) is 14.0 Å². The number of amides is 2. The average molecular weight is 354 g/mol. The van der Waals surface area contributed by atoms with E-state index in [4.69, 9.17) is 4.74 Å². The number of halogens is 1. The van der Waals surface area contributed by atoms with Gasteiger partial charge in [0.2, 0.25) is 0 Å². The molecular weight excluding hydrogens is 335 g/mol. The molecule has 0 radical (unpaired) electrons. The summed E-state index contributed by atoms with van der Waals surface area (Å²) in [6, 6.07) is 13.7.